The molecule has 0 aliphatic carbocycles. The molecule has 0 spiro atoms. The zero-order valence-electron chi connectivity index (χ0n) is 15.9. The Morgan fingerprint density at radius 2 is 1.64 bits per heavy atom. The maximum Gasteiger partial charge on any atom is 0.243 e. The first-order valence-corrected chi connectivity index (χ1v) is 10.1. The summed E-state index contributed by atoms with van der Waals surface area (Å²) >= 11 is 6.09. The Labute approximate surface area is 171 Å². The van der Waals surface area contributed by atoms with Crippen molar-refractivity contribution in [3.8, 4) is 0 Å². The number of anilines is 2. The number of carbonyl (C=O) groups is 2. The fourth-order valence-electron chi connectivity index (χ4n) is 3.33. The highest BCUT2D eigenvalue weighted by molar-refractivity contribution is 6.31. The average molecular weight is 400 g/mol. The standard InChI is InChI=1S/C22H26ClN3O2/c23-20-7-3-2-6-17(20)8-13-21(27)24-16-22(28)25-18-9-11-19(12-10-18)26-14-4-1-5-15-26/h2-3,6-7,9-12H,1,4-5,8,13-16H2,(H,24,27)(H,25,28). The lowest BCUT2D eigenvalue weighted by molar-refractivity contribution is -0.124. The number of hydrogen-bond donors (Lipinski definition) is 2. The van der Waals surface area contributed by atoms with E-state index >= 15 is 0 Å². The summed E-state index contributed by atoms with van der Waals surface area (Å²) in [7, 11) is 0. The highest BCUT2D eigenvalue weighted by Crippen LogP contribution is 2.21. The molecule has 0 atom stereocenters. The Morgan fingerprint density at radius 3 is 2.36 bits per heavy atom. The summed E-state index contributed by atoms with van der Waals surface area (Å²) in [5, 5.41) is 6.12. The van der Waals surface area contributed by atoms with Gasteiger partial charge in [-0.2, -0.15) is 0 Å². The maximum atomic E-state index is 12.1. The minimum Gasteiger partial charge on any atom is -0.372 e. The quantitative estimate of drug-likeness (QED) is 0.739. The normalized spacial score (nSPS) is 13.8. The van der Waals surface area contributed by atoms with E-state index in [1.54, 1.807) is 6.07 Å². The van der Waals surface area contributed by atoms with Gasteiger partial charge in [0.1, 0.15) is 0 Å². The van der Waals surface area contributed by atoms with Gasteiger partial charge in [0.25, 0.3) is 0 Å². The number of nitrogens with zero attached hydrogens (tertiary/aromatic N) is 1. The van der Waals surface area contributed by atoms with Gasteiger partial charge in [-0.25, -0.2) is 0 Å². The second kappa shape index (κ2) is 10.1. The molecular weight excluding hydrogens is 374 g/mol. The summed E-state index contributed by atoms with van der Waals surface area (Å²) in [6.45, 7) is 2.13. The molecule has 2 N–H and O–H groups in total. The number of aryl methyl sites for hydroxylation is 1. The second-order valence-electron chi connectivity index (χ2n) is 7.01. The van der Waals surface area contributed by atoms with E-state index in [-0.39, 0.29) is 18.4 Å². The molecule has 0 saturated carbocycles. The van der Waals surface area contributed by atoms with Crippen molar-refractivity contribution in [2.45, 2.75) is 32.1 Å². The fourth-order valence-corrected chi connectivity index (χ4v) is 3.56. The molecule has 3 rings (SSSR count). The molecule has 2 aromatic carbocycles. The third kappa shape index (κ3) is 5.99. The van der Waals surface area contributed by atoms with Gasteiger partial charge < -0.3 is 15.5 Å². The van der Waals surface area contributed by atoms with Gasteiger partial charge in [-0.05, 0) is 61.6 Å². The van der Waals surface area contributed by atoms with Crippen molar-refractivity contribution in [2.75, 3.05) is 29.9 Å². The summed E-state index contributed by atoms with van der Waals surface area (Å²) in [6.07, 6.45) is 4.60. The Hall–Kier alpha value is -2.53. The van der Waals surface area contributed by atoms with Crippen LogP contribution in [0.3, 0.4) is 0 Å². The van der Waals surface area contributed by atoms with Gasteiger partial charge in [0.05, 0.1) is 6.54 Å². The molecule has 1 fully saturated rings. The van der Waals surface area contributed by atoms with Crippen molar-refractivity contribution in [1.82, 2.24) is 5.32 Å². The maximum absolute atomic E-state index is 12.1. The lowest BCUT2D eigenvalue weighted by Crippen LogP contribution is -2.33. The third-order valence-electron chi connectivity index (χ3n) is 4.90. The predicted octanol–water partition coefficient (Wildman–Crippen LogP) is 4.02. The van der Waals surface area contributed by atoms with Crippen molar-refractivity contribution in [3.05, 3.63) is 59.1 Å². The van der Waals surface area contributed by atoms with Crippen molar-refractivity contribution in [1.29, 1.82) is 0 Å². The molecule has 28 heavy (non-hydrogen) atoms. The number of hydrogen-bond acceptors (Lipinski definition) is 3. The van der Waals surface area contributed by atoms with Crippen LogP contribution >= 0.6 is 11.6 Å². The van der Waals surface area contributed by atoms with Gasteiger partial charge in [0.15, 0.2) is 0 Å². The highest BCUT2D eigenvalue weighted by Gasteiger charge is 2.11. The van der Waals surface area contributed by atoms with Gasteiger partial charge >= 0.3 is 0 Å². The first kappa shape index (κ1) is 20.2. The van der Waals surface area contributed by atoms with Crippen LogP contribution in [0.1, 0.15) is 31.2 Å². The lowest BCUT2D eigenvalue weighted by atomic mass is 10.1. The Balaban J connectivity index is 1.40. The number of halogens is 1. The molecule has 0 radical (unpaired) electrons. The Bertz CT molecular complexity index is 802. The van der Waals surface area contributed by atoms with Crippen molar-refractivity contribution < 1.29 is 9.59 Å². The number of benzene rings is 2. The van der Waals surface area contributed by atoms with E-state index in [1.807, 2.05) is 42.5 Å². The van der Waals surface area contributed by atoms with E-state index in [4.69, 9.17) is 11.6 Å². The van der Waals surface area contributed by atoms with E-state index in [2.05, 4.69) is 15.5 Å². The van der Waals surface area contributed by atoms with Crippen molar-refractivity contribution in [3.63, 3.8) is 0 Å². The summed E-state index contributed by atoms with van der Waals surface area (Å²) in [4.78, 5) is 26.4. The number of rotatable bonds is 7. The van der Waals surface area contributed by atoms with Crippen LogP contribution in [-0.2, 0) is 16.0 Å². The smallest absolute Gasteiger partial charge is 0.243 e. The zero-order valence-corrected chi connectivity index (χ0v) is 16.7. The molecule has 2 aromatic rings. The zero-order chi connectivity index (χ0) is 19.8. The van der Waals surface area contributed by atoms with Crippen LogP contribution in [0.4, 0.5) is 11.4 Å². The fraction of sp³-hybridized carbons (Fsp3) is 0.364. The van der Waals surface area contributed by atoms with Crippen LogP contribution in [-0.4, -0.2) is 31.4 Å². The van der Waals surface area contributed by atoms with Gasteiger partial charge in [-0.3, -0.25) is 9.59 Å². The molecule has 1 saturated heterocycles. The summed E-state index contributed by atoms with van der Waals surface area (Å²) < 4.78 is 0. The molecule has 148 valence electrons. The van der Waals surface area contributed by atoms with Crippen molar-refractivity contribution in [2.24, 2.45) is 0 Å². The highest BCUT2D eigenvalue weighted by atomic mass is 35.5. The van der Waals surface area contributed by atoms with Crippen LogP contribution in [0.2, 0.25) is 5.02 Å². The van der Waals surface area contributed by atoms with E-state index in [0.29, 0.717) is 17.9 Å². The summed E-state index contributed by atoms with van der Waals surface area (Å²) in [5.74, 6) is -0.410. The van der Waals surface area contributed by atoms with E-state index in [1.165, 1.54) is 24.9 Å². The monoisotopic (exact) mass is 399 g/mol. The molecule has 5 nitrogen and oxygen atoms in total. The number of amides is 2. The third-order valence-corrected chi connectivity index (χ3v) is 5.27. The van der Waals surface area contributed by atoms with Crippen LogP contribution in [0, 0.1) is 0 Å². The molecule has 1 aliphatic rings. The Kier molecular flexibility index (Phi) is 7.31. The number of carbonyl (C=O) groups excluding carboxylic acids is 2. The predicted molar refractivity (Wildman–Crippen MR) is 114 cm³/mol. The summed E-state index contributed by atoms with van der Waals surface area (Å²) in [5.41, 5.74) is 2.85. The first-order chi connectivity index (χ1) is 13.6. The lowest BCUT2D eigenvalue weighted by Gasteiger charge is -2.28. The topological polar surface area (TPSA) is 61.4 Å². The molecule has 0 aromatic heterocycles. The van der Waals surface area contributed by atoms with Gasteiger partial charge in [0.2, 0.25) is 11.8 Å². The molecule has 2 amide bonds. The molecule has 0 unspecified atom stereocenters. The van der Waals surface area contributed by atoms with Gasteiger partial charge in [0, 0.05) is 35.9 Å². The number of piperidine rings is 1. The molecule has 0 bridgehead atoms. The number of nitrogens with one attached hydrogen (secondary N) is 2. The Morgan fingerprint density at radius 1 is 0.929 bits per heavy atom. The van der Waals surface area contributed by atoms with Crippen LogP contribution < -0.4 is 15.5 Å². The molecular formula is C22H26ClN3O2. The van der Waals surface area contributed by atoms with E-state index in [9.17, 15) is 9.59 Å². The van der Waals surface area contributed by atoms with Gasteiger partial charge in [-0.15, -0.1) is 0 Å². The largest absolute Gasteiger partial charge is 0.372 e. The second-order valence-corrected chi connectivity index (χ2v) is 7.42. The van der Waals surface area contributed by atoms with Crippen LogP contribution in [0.15, 0.2) is 48.5 Å². The van der Waals surface area contributed by atoms with Crippen molar-refractivity contribution >= 4 is 34.8 Å². The van der Waals surface area contributed by atoms with Crippen LogP contribution in [0.25, 0.3) is 0 Å². The first-order valence-electron chi connectivity index (χ1n) is 9.77. The van der Waals surface area contributed by atoms with E-state index in [0.717, 1.165) is 24.3 Å². The minimum absolute atomic E-state index is 0.0464. The minimum atomic E-state index is -0.239. The molecule has 1 aliphatic heterocycles. The SMILES string of the molecule is O=C(CCc1ccccc1Cl)NCC(=O)Nc1ccc(N2CCCCC2)cc1. The molecule has 1 heterocycles. The average Bonchev–Trinajstić information content (AvgIpc) is 2.73. The van der Waals surface area contributed by atoms with Crippen LogP contribution in [0.5, 0.6) is 0 Å². The van der Waals surface area contributed by atoms with Gasteiger partial charge in [-0.1, -0.05) is 29.8 Å². The summed E-state index contributed by atoms with van der Waals surface area (Å²) in [6, 6.07) is 15.3. The van der Waals surface area contributed by atoms with E-state index < -0.39 is 0 Å². The molecule has 6 heteroatoms.